The molecule has 0 aliphatic carbocycles. The first-order chi connectivity index (χ1) is 13.3. The summed E-state index contributed by atoms with van der Waals surface area (Å²) in [7, 11) is 0. The molecule has 2 aromatic carbocycles. The molecule has 0 fully saturated rings. The smallest absolute Gasteiger partial charge is 0.230 e. The minimum atomic E-state index is -0.924. The van der Waals surface area contributed by atoms with Crippen LogP contribution in [0.3, 0.4) is 0 Å². The standard InChI is InChI=1S/C21H24N4O2S/c1-21(2,3)22-17(26)14-28-20-24-23-19(18(27)15-10-6-4-7-11-15)25(20)16-12-8-5-9-13-16/h4-13,18,27H,14H2,1-3H3,(H,22,26)/t18-/m0/s1. The molecule has 0 radical (unpaired) electrons. The van der Waals surface area contributed by atoms with Crippen molar-refractivity contribution in [2.24, 2.45) is 0 Å². The number of benzene rings is 2. The van der Waals surface area contributed by atoms with E-state index in [9.17, 15) is 9.90 Å². The molecular formula is C21H24N4O2S. The number of thioether (sulfide) groups is 1. The van der Waals surface area contributed by atoms with Gasteiger partial charge in [-0.3, -0.25) is 9.36 Å². The maximum absolute atomic E-state index is 12.2. The van der Waals surface area contributed by atoms with Crippen LogP contribution in [0.15, 0.2) is 65.8 Å². The zero-order chi connectivity index (χ0) is 20.1. The van der Waals surface area contributed by atoms with Gasteiger partial charge in [-0.1, -0.05) is 60.3 Å². The molecule has 0 spiro atoms. The predicted octanol–water partition coefficient (Wildman–Crippen LogP) is 3.36. The third-order valence-corrected chi connectivity index (χ3v) is 4.81. The molecule has 3 rings (SSSR count). The average molecular weight is 397 g/mol. The largest absolute Gasteiger partial charge is 0.380 e. The Morgan fingerprint density at radius 3 is 2.29 bits per heavy atom. The molecule has 0 aliphatic heterocycles. The van der Waals surface area contributed by atoms with Crippen molar-refractivity contribution in [1.82, 2.24) is 20.1 Å². The summed E-state index contributed by atoms with van der Waals surface area (Å²) in [5.41, 5.74) is 1.27. The van der Waals surface area contributed by atoms with Gasteiger partial charge >= 0.3 is 0 Å². The van der Waals surface area contributed by atoms with Crippen LogP contribution in [0.25, 0.3) is 5.69 Å². The average Bonchev–Trinajstić information content (AvgIpc) is 3.10. The van der Waals surface area contributed by atoms with Crippen molar-refractivity contribution in [2.75, 3.05) is 5.75 Å². The first-order valence-electron chi connectivity index (χ1n) is 9.03. The van der Waals surface area contributed by atoms with E-state index in [0.29, 0.717) is 11.0 Å². The van der Waals surface area contributed by atoms with E-state index in [0.717, 1.165) is 11.3 Å². The van der Waals surface area contributed by atoms with E-state index in [-0.39, 0.29) is 17.2 Å². The molecular weight excluding hydrogens is 372 g/mol. The highest BCUT2D eigenvalue weighted by molar-refractivity contribution is 7.99. The molecule has 6 nitrogen and oxygen atoms in total. The summed E-state index contributed by atoms with van der Waals surface area (Å²) < 4.78 is 1.80. The topological polar surface area (TPSA) is 80.0 Å². The second-order valence-electron chi connectivity index (χ2n) is 7.41. The normalized spacial score (nSPS) is 12.6. The number of aliphatic hydroxyl groups is 1. The van der Waals surface area contributed by atoms with E-state index in [1.54, 1.807) is 4.57 Å². The van der Waals surface area contributed by atoms with Gasteiger partial charge < -0.3 is 10.4 Å². The number of rotatable bonds is 6. The van der Waals surface area contributed by atoms with Gasteiger partial charge in [0.1, 0.15) is 6.10 Å². The summed E-state index contributed by atoms with van der Waals surface area (Å²) in [6.07, 6.45) is -0.924. The van der Waals surface area contributed by atoms with Gasteiger partial charge in [-0.15, -0.1) is 10.2 Å². The van der Waals surface area contributed by atoms with Gasteiger partial charge in [0, 0.05) is 11.2 Å². The summed E-state index contributed by atoms with van der Waals surface area (Å²) in [4.78, 5) is 12.2. The molecule has 28 heavy (non-hydrogen) atoms. The number of amides is 1. The van der Waals surface area contributed by atoms with Crippen molar-refractivity contribution in [1.29, 1.82) is 0 Å². The van der Waals surface area contributed by atoms with Gasteiger partial charge in [-0.25, -0.2) is 0 Å². The lowest BCUT2D eigenvalue weighted by atomic mass is 10.1. The van der Waals surface area contributed by atoms with Crippen LogP contribution in [-0.4, -0.2) is 37.1 Å². The van der Waals surface area contributed by atoms with E-state index >= 15 is 0 Å². The molecule has 1 amide bonds. The van der Waals surface area contributed by atoms with Crippen LogP contribution in [0.2, 0.25) is 0 Å². The molecule has 0 unspecified atom stereocenters. The van der Waals surface area contributed by atoms with Crippen LogP contribution in [-0.2, 0) is 4.79 Å². The predicted molar refractivity (Wildman–Crippen MR) is 110 cm³/mol. The van der Waals surface area contributed by atoms with Crippen LogP contribution < -0.4 is 5.32 Å². The Morgan fingerprint density at radius 1 is 1.07 bits per heavy atom. The van der Waals surface area contributed by atoms with Crippen molar-refractivity contribution in [3.05, 3.63) is 72.1 Å². The third kappa shape index (κ3) is 4.99. The highest BCUT2D eigenvalue weighted by Crippen LogP contribution is 2.28. The van der Waals surface area contributed by atoms with E-state index in [4.69, 9.17) is 0 Å². The highest BCUT2D eigenvalue weighted by Gasteiger charge is 2.23. The Balaban J connectivity index is 1.91. The van der Waals surface area contributed by atoms with Gasteiger partial charge in [0.25, 0.3) is 0 Å². The molecule has 0 saturated carbocycles. The number of nitrogens with zero attached hydrogens (tertiary/aromatic N) is 3. The third-order valence-electron chi connectivity index (χ3n) is 3.88. The van der Waals surface area contributed by atoms with Crippen LogP contribution in [0.4, 0.5) is 0 Å². The van der Waals surface area contributed by atoms with Crippen molar-refractivity contribution >= 4 is 17.7 Å². The van der Waals surface area contributed by atoms with Crippen LogP contribution >= 0.6 is 11.8 Å². The first kappa shape index (κ1) is 20.1. The zero-order valence-corrected chi connectivity index (χ0v) is 17.0. The number of hydrogen-bond acceptors (Lipinski definition) is 5. The minimum absolute atomic E-state index is 0.0785. The number of hydrogen-bond donors (Lipinski definition) is 2. The summed E-state index contributed by atoms with van der Waals surface area (Å²) in [5.74, 6) is 0.547. The van der Waals surface area contributed by atoms with Crippen molar-refractivity contribution in [2.45, 2.75) is 37.6 Å². The summed E-state index contributed by atoms with van der Waals surface area (Å²) >= 11 is 1.29. The Morgan fingerprint density at radius 2 is 1.68 bits per heavy atom. The molecule has 7 heteroatoms. The molecule has 1 aromatic heterocycles. The number of para-hydroxylation sites is 1. The van der Waals surface area contributed by atoms with E-state index in [1.807, 2.05) is 81.4 Å². The molecule has 0 bridgehead atoms. The Labute approximate surface area is 169 Å². The van der Waals surface area contributed by atoms with Gasteiger partial charge in [0.15, 0.2) is 11.0 Å². The van der Waals surface area contributed by atoms with Gasteiger partial charge in [0.05, 0.1) is 5.75 Å². The second kappa shape index (κ2) is 8.58. The van der Waals surface area contributed by atoms with Crippen LogP contribution in [0, 0.1) is 0 Å². The lowest BCUT2D eigenvalue weighted by Crippen LogP contribution is -2.41. The van der Waals surface area contributed by atoms with Gasteiger partial charge in [-0.2, -0.15) is 0 Å². The molecule has 1 heterocycles. The van der Waals surface area contributed by atoms with Crippen molar-refractivity contribution < 1.29 is 9.90 Å². The Bertz CT molecular complexity index is 921. The molecule has 1 atom stereocenters. The van der Waals surface area contributed by atoms with Gasteiger partial charge in [-0.05, 0) is 38.5 Å². The minimum Gasteiger partial charge on any atom is -0.380 e. The molecule has 0 saturated heterocycles. The van der Waals surface area contributed by atoms with E-state index in [2.05, 4.69) is 15.5 Å². The van der Waals surface area contributed by atoms with E-state index in [1.165, 1.54) is 11.8 Å². The summed E-state index contributed by atoms with van der Waals surface area (Å²) in [6.45, 7) is 5.82. The fourth-order valence-electron chi connectivity index (χ4n) is 2.74. The zero-order valence-electron chi connectivity index (χ0n) is 16.2. The number of carbonyl (C=O) groups excluding carboxylic acids is 1. The highest BCUT2D eigenvalue weighted by atomic mass is 32.2. The lowest BCUT2D eigenvalue weighted by Gasteiger charge is -2.20. The molecule has 146 valence electrons. The molecule has 3 aromatic rings. The van der Waals surface area contributed by atoms with Crippen molar-refractivity contribution in [3.63, 3.8) is 0 Å². The number of aromatic nitrogens is 3. The second-order valence-corrected chi connectivity index (χ2v) is 8.35. The summed E-state index contributed by atoms with van der Waals surface area (Å²) in [6, 6.07) is 18.9. The summed E-state index contributed by atoms with van der Waals surface area (Å²) in [5, 5.41) is 22.8. The molecule has 0 aliphatic rings. The maximum atomic E-state index is 12.2. The molecule has 2 N–H and O–H groups in total. The Kier molecular flexibility index (Phi) is 6.16. The van der Waals surface area contributed by atoms with E-state index < -0.39 is 6.10 Å². The van der Waals surface area contributed by atoms with Crippen molar-refractivity contribution in [3.8, 4) is 5.69 Å². The lowest BCUT2D eigenvalue weighted by molar-refractivity contribution is -0.119. The van der Waals surface area contributed by atoms with Crippen LogP contribution in [0.1, 0.15) is 38.3 Å². The quantitative estimate of drug-likeness (QED) is 0.625. The number of nitrogens with one attached hydrogen (secondary N) is 1. The fourth-order valence-corrected chi connectivity index (χ4v) is 3.50. The Hall–Kier alpha value is -2.64. The number of carbonyl (C=O) groups is 1. The number of aliphatic hydroxyl groups excluding tert-OH is 1. The first-order valence-corrected chi connectivity index (χ1v) is 10.0. The fraction of sp³-hybridized carbons (Fsp3) is 0.286. The SMILES string of the molecule is CC(C)(C)NC(=O)CSc1nnc([C@@H](O)c2ccccc2)n1-c1ccccc1. The monoisotopic (exact) mass is 396 g/mol. The van der Waals surface area contributed by atoms with Crippen LogP contribution in [0.5, 0.6) is 0 Å². The maximum Gasteiger partial charge on any atom is 0.230 e. The van der Waals surface area contributed by atoms with Gasteiger partial charge in [0.2, 0.25) is 5.91 Å².